The van der Waals surface area contributed by atoms with Gasteiger partial charge in [0, 0.05) is 7.11 Å². The molecule has 0 aromatic heterocycles. The summed E-state index contributed by atoms with van der Waals surface area (Å²) in [5.74, 6) is 2.57. The normalized spacial score (nSPS) is 21.8. The molecule has 1 aliphatic rings. The summed E-state index contributed by atoms with van der Waals surface area (Å²) in [4.78, 5) is 0. The van der Waals surface area contributed by atoms with Gasteiger partial charge >= 0.3 is 0 Å². The minimum Gasteiger partial charge on any atom is -0.364 e. The summed E-state index contributed by atoms with van der Waals surface area (Å²) in [6, 6.07) is -1.36. The van der Waals surface area contributed by atoms with E-state index in [4.69, 9.17) is 18.0 Å². The second kappa shape index (κ2) is 5.70. The first kappa shape index (κ1) is 7.03. The number of hydrogen-bond donors (Lipinski definition) is 0. The minimum absolute atomic E-state index is 0.174. The molecule has 1 atom stereocenters. The highest BCUT2D eigenvalue weighted by molar-refractivity contribution is 5.70. The lowest BCUT2D eigenvalue weighted by molar-refractivity contribution is 0.172. The van der Waals surface area contributed by atoms with Crippen LogP contribution in [0.5, 0.6) is 0 Å². The van der Waals surface area contributed by atoms with Crippen molar-refractivity contribution < 1.29 is 11.6 Å². The van der Waals surface area contributed by atoms with Crippen molar-refractivity contribution in [3.8, 4) is 12.3 Å². The van der Waals surface area contributed by atoms with E-state index >= 15 is 0 Å². The highest BCUT2D eigenvalue weighted by Gasteiger charge is 2.20. The van der Waals surface area contributed by atoms with Crippen LogP contribution in [-0.4, -0.2) is 13.2 Å². The van der Waals surface area contributed by atoms with Gasteiger partial charge in [-0.2, -0.15) is 0 Å². The van der Waals surface area contributed by atoms with Gasteiger partial charge in [0.1, 0.15) is 6.10 Å². The zero-order chi connectivity index (χ0) is 16.4. The Bertz CT molecular complexity index is 643. The molecule has 0 saturated carbocycles. The molecule has 0 saturated heterocycles. The van der Waals surface area contributed by atoms with E-state index in [1.165, 1.54) is 7.11 Å². The molecule has 1 aliphatic carbocycles. The van der Waals surface area contributed by atoms with Gasteiger partial charge in [-0.1, -0.05) is 36.1 Å². The number of allylic oxidation sites excluding steroid dienone is 1. The average molecular weight is 231 g/mol. The summed E-state index contributed by atoms with van der Waals surface area (Å²) < 4.78 is 44.9. The predicted molar refractivity (Wildman–Crippen MR) is 71.5 cm³/mol. The maximum absolute atomic E-state index is 8.12. The highest BCUT2D eigenvalue weighted by Crippen LogP contribution is 2.34. The molecule has 1 nitrogen and oxygen atoms in total. The van der Waals surface area contributed by atoms with Crippen LogP contribution in [0.25, 0.3) is 5.57 Å². The molecule has 1 aromatic carbocycles. The first-order valence-corrected chi connectivity index (χ1v) is 5.72. The number of ether oxygens (including phenoxy) is 1. The van der Waals surface area contributed by atoms with Crippen molar-refractivity contribution in [2.45, 2.75) is 31.8 Å². The van der Waals surface area contributed by atoms with Gasteiger partial charge in [-0.15, -0.1) is 6.42 Å². The number of hydrogen-bond acceptors (Lipinski definition) is 1. The Kier molecular flexibility index (Phi) is 2.36. The molecule has 0 aliphatic heterocycles. The Hall–Kier alpha value is -1.52. The van der Waals surface area contributed by atoms with Gasteiger partial charge in [0.15, 0.2) is 0 Å². The van der Waals surface area contributed by atoms with Gasteiger partial charge in [0.2, 0.25) is 0 Å². The number of benzene rings is 1. The zero-order valence-corrected chi connectivity index (χ0v) is 9.89. The standard InChI is InChI=1S/C16H18O/c1-3-16(17-2)15-12-8-7-11-14(15)13-9-5-4-6-10-13/h1,4-6,9-10,16H,7-8,11-12H2,2H3/i4D,5D,6D,9D,10D. The van der Waals surface area contributed by atoms with E-state index in [9.17, 15) is 0 Å². The lowest BCUT2D eigenvalue weighted by Gasteiger charge is -2.24. The van der Waals surface area contributed by atoms with Gasteiger partial charge in [0.05, 0.1) is 6.85 Å². The Balaban J connectivity index is 2.75. The quantitative estimate of drug-likeness (QED) is 0.721. The van der Waals surface area contributed by atoms with Crippen molar-refractivity contribution in [1.82, 2.24) is 0 Å². The van der Waals surface area contributed by atoms with Crippen molar-refractivity contribution in [2.75, 3.05) is 7.11 Å². The number of rotatable bonds is 3. The Morgan fingerprint density at radius 2 is 2.00 bits per heavy atom. The van der Waals surface area contributed by atoms with Crippen LogP contribution in [0.2, 0.25) is 0 Å². The molecule has 1 unspecified atom stereocenters. The first-order chi connectivity index (χ1) is 10.4. The summed E-state index contributed by atoms with van der Waals surface area (Å²) in [5, 5.41) is 0. The molecule has 0 heterocycles. The molecule has 0 bridgehead atoms. The lowest BCUT2D eigenvalue weighted by Crippen LogP contribution is -2.15. The Morgan fingerprint density at radius 1 is 1.29 bits per heavy atom. The van der Waals surface area contributed by atoms with Gasteiger partial charge in [-0.05, 0) is 42.4 Å². The molecule has 0 spiro atoms. The average Bonchev–Trinajstić information content (AvgIpc) is 2.54. The topological polar surface area (TPSA) is 9.23 Å². The van der Waals surface area contributed by atoms with Gasteiger partial charge in [-0.3, -0.25) is 0 Å². The van der Waals surface area contributed by atoms with Crippen molar-refractivity contribution in [1.29, 1.82) is 0 Å². The predicted octanol–water partition coefficient (Wildman–Crippen LogP) is 3.66. The van der Waals surface area contributed by atoms with Gasteiger partial charge < -0.3 is 4.74 Å². The summed E-state index contributed by atoms with van der Waals surface area (Å²) in [5.41, 5.74) is 1.86. The second-order valence-electron chi connectivity index (χ2n) is 3.99. The van der Waals surface area contributed by atoms with Crippen LogP contribution in [-0.2, 0) is 4.74 Å². The maximum Gasteiger partial charge on any atom is 0.139 e. The summed E-state index contributed by atoms with van der Waals surface area (Å²) >= 11 is 0. The van der Waals surface area contributed by atoms with E-state index in [0.29, 0.717) is 6.42 Å². The molecule has 2 rings (SSSR count). The first-order valence-electron chi connectivity index (χ1n) is 8.22. The second-order valence-corrected chi connectivity index (χ2v) is 3.99. The minimum atomic E-state index is -0.520. The molecule has 0 amide bonds. The van der Waals surface area contributed by atoms with E-state index in [1.807, 2.05) is 0 Å². The number of methoxy groups -OCH3 is 1. The van der Waals surface area contributed by atoms with Crippen molar-refractivity contribution in [3.05, 3.63) is 41.3 Å². The van der Waals surface area contributed by atoms with Crippen molar-refractivity contribution in [3.63, 3.8) is 0 Å². The zero-order valence-electron chi connectivity index (χ0n) is 14.9. The fraction of sp³-hybridized carbons (Fsp3) is 0.375. The highest BCUT2D eigenvalue weighted by atomic mass is 16.5. The van der Waals surface area contributed by atoms with E-state index in [0.717, 1.165) is 30.4 Å². The van der Waals surface area contributed by atoms with Crippen LogP contribution in [0, 0.1) is 12.3 Å². The lowest BCUT2D eigenvalue weighted by atomic mass is 9.85. The van der Waals surface area contributed by atoms with Crippen LogP contribution in [0.3, 0.4) is 0 Å². The molecule has 1 aromatic rings. The fourth-order valence-corrected chi connectivity index (χ4v) is 2.22. The molecule has 0 radical (unpaired) electrons. The van der Waals surface area contributed by atoms with E-state index in [2.05, 4.69) is 5.92 Å². The smallest absolute Gasteiger partial charge is 0.139 e. The largest absolute Gasteiger partial charge is 0.364 e. The van der Waals surface area contributed by atoms with E-state index in [1.54, 1.807) is 0 Å². The Labute approximate surface area is 111 Å². The van der Waals surface area contributed by atoms with Crippen LogP contribution in [0.4, 0.5) is 0 Å². The monoisotopic (exact) mass is 231 g/mol. The molecule has 17 heavy (non-hydrogen) atoms. The Morgan fingerprint density at radius 3 is 2.65 bits per heavy atom. The maximum atomic E-state index is 8.12. The summed E-state index contributed by atoms with van der Waals surface area (Å²) in [6.07, 6.45) is 8.22. The van der Waals surface area contributed by atoms with Gasteiger partial charge in [0.25, 0.3) is 0 Å². The van der Waals surface area contributed by atoms with Crippen LogP contribution in [0.15, 0.2) is 35.8 Å². The molecule has 0 fully saturated rings. The SMILES string of the molecule is [2H]c1c([2H])c([2H])c(C2=C(C(C#C)OC)CCCC2)c([2H])c1[2H]. The molecule has 0 N–H and O–H groups in total. The van der Waals surface area contributed by atoms with E-state index in [-0.39, 0.29) is 35.8 Å². The fourth-order valence-electron chi connectivity index (χ4n) is 2.22. The van der Waals surface area contributed by atoms with E-state index < -0.39 is 6.10 Å². The van der Waals surface area contributed by atoms with Gasteiger partial charge in [-0.25, -0.2) is 0 Å². The molecule has 1 heteroatoms. The summed E-state index contributed by atoms with van der Waals surface area (Å²) in [7, 11) is 1.52. The third-order valence-electron chi connectivity index (χ3n) is 3.02. The van der Waals surface area contributed by atoms with Crippen LogP contribution in [0.1, 0.15) is 38.1 Å². The van der Waals surface area contributed by atoms with Crippen LogP contribution < -0.4 is 0 Å². The molecular weight excluding hydrogens is 208 g/mol. The number of terminal acetylenes is 1. The third kappa shape index (κ3) is 2.60. The van der Waals surface area contributed by atoms with Crippen molar-refractivity contribution >= 4 is 5.57 Å². The molecular formula is C16H18O. The third-order valence-corrected chi connectivity index (χ3v) is 3.02. The summed E-state index contributed by atoms with van der Waals surface area (Å²) in [6.45, 7) is 0. The molecule has 88 valence electrons. The van der Waals surface area contributed by atoms with Crippen LogP contribution >= 0.6 is 0 Å². The van der Waals surface area contributed by atoms with Crippen molar-refractivity contribution in [2.24, 2.45) is 0 Å².